The number of aromatic nitrogens is 2. The Bertz CT molecular complexity index is 621. The molecule has 2 aromatic rings. The smallest absolute Gasteiger partial charge is 0.235 e. The quantitative estimate of drug-likeness (QED) is 0.924. The summed E-state index contributed by atoms with van der Waals surface area (Å²) < 4.78 is 5.22. The molecule has 1 amide bonds. The minimum Gasteiger partial charge on any atom is -0.424 e. The van der Waals surface area contributed by atoms with Gasteiger partial charge in [-0.05, 0) is 29.9 Å². The number of carbonyl (C=O) groups is 1. The number of nitrogens with zero attached hydrogens (tertiary/aromatic N) is 2. The molecule has 0 fully saturated rings. The van der Waals surface area contributed by atoms with Crippen LogP contribution in [-0.4, -0.2) is 16.1 Å². The molecular weight excluding hydrogens is 254 g/mol. The molecule has 1 aliphatic rings. The molecule has 0 radical (unpaired) electrons. The van der Waals surface area contributed by atoms with Gasteiger partial charge in [-0.2, -0.15) is 0 Å². The van der Waals surface area contributed by atoms with Crippen molar-refractivity contribution in [3.05, 3.63) is 47.2 Å². The number of rotatable bonds is 4. The van der Waals surface area contributed by atoms with Crippen molar-refractivity contribution in [3.63, 3.8) is 0 Å². The molecule has 5 nitrogen and oxygen atoms in total. The summed E-state index contributed by atoms with van der Waals surface area (Å²) in [5.41, 5.74) is 2.69. The summed E-state index contributed by atoms with van der Waals surface area (Å²) in [6, 6.07) is 8.37. The van der Waals surface area contributed by atoms with E-state index in [-0.39, 0.29) is 5.91 Å². The van der Waals surface area contributed by atoms with Crippen molar-refractivity contribution in [1.82, 2.24) is 15.5 Å². The maximum atomic E-state index is 12.0. The van der Waals surface area contributed by atoms with Crippen LogP contribution >= 0.6 is 0 Å². The van der Waals surface area contributed by atoms with Gasteiger partial charge in [0.05, 0.1) is 6.54 Å². The van der Waals surface area contributed by atoms with Crippen molar-refractivity contribution in [2.24, 2.45) is 0 Å². The standard InChI is InChI=1S/C15H17N3O2/c1-10-17-18-15(20-10)9-16-14(19)8-12-7-6-11-4-2-3-5-13(11)12/h2-5,12H,6-9H2,1H3,(H,16,19)/t12-/m0/s1. The van der Waals surface area contributed by atoms with E-state index in [0.29, 0.717) is 30.7 Å². The minimum absolute atomic E-state index is 0.0301. The van der Waals surface area contributed by atoms with Gasteiger partial charge in [0.15, 0.2) is 0 Å². The van der Waals surface area contributed by atoms with Crippen molar-refractivity contribution in [1.29, 1.82) is 0 Å². The van der Waals surface area contributed by atoms with Crippen LogP contribution in [0.2, 0.25) is 0 Å². The van der Waals surface area contributed by atoms with Gasteiger partial charge in [-0.25, -0.2) is 0 Å². The van der Waals surface area contributed by atoms with Crippen LogP contribution in [0.3, 0.4) is 0 Å². The summed E-state index contributed by atoms with van der Waals surface area (Å²) in [7, 11) is 0. The summed E-state index contributed by atoms with van der Waals surface area (Å²) in [5.74, 6) is 1.32. The molecule has 104 valence electrons. The van der Waals surface area contributed by atoms with Gasteiger partial charge >= 0.3 is 0 Å². The average Bonchev–Trinajstić information content (AvgIpc) is 3.04. The third kappa shape index (κ3) is 2.71. The SMILES string of the molecule is Cc1nnc(CNC(=O)C[C@@H]2CCc3ccccc32)o1. The van der Waals surface area contributed by atoms with E-state index in [0.717, 1.165) is 12.8 Å². The first-order valence-corrected chi connectivity index (χ1v) is 6.86. The van der Waals surface area contributed by atoms with Gasteiger partial charge in [0.2, 0.25) is 17.7 Å². The second kappa shape index (κ2) is 5.45. The van der Waals surface area contributed by atoms with E-state index in [9.17, 15) is 4.79 Å². The van der Waals surface area contributed by atoms with Crippen LogP contribution in [0.15, 0.2) is 28.7 Å². The lowest BCUT2D eigenvalue weighted by molar-refractivity contribution is -0.121. The number of hydrogen-bond acceptors (Lipinski definition) is 4. The highest BCUT2D eigenvalue weighted by Crippen LogP contribution is 2.34. The van der Waals surface area contributed by atoms with Crippen molar-refractivity contribution in [2.75, 3.05) is 0 Å². The average molecular weight is 271 g/mol. The molecule has 0 spiro atoms. The number of aryl methyl sites for hydroxylation is 2. The van der Waals surface area contributed by atoms with Crippen LogP contribution in [0.1, 0.15) is 41.7 Å². The second-order valence-electron chi connectivity index (χ2n) is 5.13. The van der Waals surface area contributed by atoms with Gasteiger partial charge in [0.1, 0.15) is 0 Å². The maximum absolute atomic E-state index is 12.0. The molecular formula is C15H17N3O2. The first-order chi connectivity index (χ1) is 9.72. The lowest BCUT2D eigenvalue weighted by Crippen LogP contribution is -2.24. The highest BCUT2D eigenvalue weighted by Gasteiger charge is 2.24. The van der Waals surface area contributed by atoms with E-state index in [1.807, 2.05) is 6.07 Å². The normalized spacial score (nSPS) is 16.9. The van der Waals surface area contributed by atoms with Gasteiger partial charge in [-0.15, -0.1) is 10.2 Å². The number of hydrogen-bond donors (Lipinski definition) is 1. The monoisotopic (exact) mass is 271 g/mol. The highest BCUT2D eigenvalue weighted by atomic mass is 16.4. The Hall–Kier alpha value is -2.17. The zero-order valence-corrected chi connectivity index (χ0v) is 11.4. The Kier molecular flexibility index (Phi) is 3.50. The number of fused-ring (bicyclic) bond motifs is 1. The topological polar surface area (TPSA) is 68.0 Å². The first kappa shape index (κ1) is 12.8. The van der Waals surface area contributed by atoms with Crippen LogP contribution in [0.5, 0.6) is 0 Å². The van der Waals surface area contributed by atoms with Crippen LogP contribution in [0.4, 0.5) is 0 Å². The summed E-state index contributed by atoms with van der Waals surface area (Å²) in [4.78, 5) is 12.0. The van der Waals surface area contributed by atoms with Crippen LogP contribution in [0, 0.1) is 6.92 Å². The number of benzene rings is 1. The zero-order chi connectivity index (χ0) is 13.9. The fraction of sp³-hybridized carbons (Fsp3) is 0.400. The Balaban J connectivity index is 1.55. The lowest BCUT2D eigenvalue weighted by Gasteiger charge is -2.10. The minimum atomic E-state index is 0.0301. The summed E-state index contributed by atoms with van der Waals surface area (Å²) in [6.45, 7) is 2.03. The van der Waals surface area contributed by atoms with Crippen molar-refractivity contribution < 1.29 is 9.21 Å². The molecule has 1 aliphatic carbocycles. The lowest BCUT2D eigenvalue weighted by atomic mass is 9.97. The van der Waals surface area contributed by atoms with Gasteiger partial charge in [-0.3, -0.25) is 4.79 Å². The molecule has 1 aromatic carbocycles. The van der Waals surface area contributed by atoms with Gasteiger partial charge in [0.25, 0.3) is 0 Å². The molecule has 1 aromatic heterocycles. The summed E-state index contributed by atoms with van der Waals surface area (Å²) >= 11 is 0. The molecule has 0 saturated heterocycles. The number of amides is 1. The fourth-order valence-electron chi connectivity index (χ4n) is 2.74. The van der Waals surface area contributed by atoms with E-state index in [4.69, 9.17) is 4.42 Å². The van der Waals surface area contributed by atoms with Crippen molar-refractivity contribution >= 4 is 5.91 Å². The maximum Gasteiger partial charge on any atom is 0.235 e. The number of carbonyl (C=O) groups excluding carboxylic acids is 1. The third-order valence-electron chi connectivity index (χ3n) is 3.69. The zero-order valence-electron chi connectivity index (χ0n) is 11.4. The molecule has 1 N–H and O–H groups in total. The predicted octanol–water partition coefficient (Wildman–Crippen LogP) is 2.11. The van der Waals surface area contributed by atoms with Crippen LogP contribution < -0.4 is 5.32 Å². The van der Waals surface area contributed by atoms with E-state index in [1.165, 1.54) is 11.1 Å². The molecule has 0 aliphatic heterocycles. The van der Waals surface area contributed by atoms with Crippen LogP contribution in [0.25, 0.3) is 0 Å². The van der Waals surface area contributed by atoms with Crippen molar-refractivity contribution in [3.8, 4) is 0 Å². The van der Waals surface area contributed by atoms with Crippen LogP contribution in [-0.2, 0) is 17.8 Å². The summed E-state index contributed by atoms with van der Waals surface area (Å²) in [6.07, 6.45) is 2.63. The molecule has 0 bridgehead atoms. The molecule has 0 saturated carbocycles. The Labute approximate surface area is 117 Å². The molecule has 1 atom stereocenters. The molecule has 5 heteroatoms. The van der Waals surface area contributed by atoms with E-state index in [1.54, 1.807) is 6.92 Å². The third-order valence-corrected chi connectivity index (χ3v) is 3.69. The Morgan fingerprint density at radius 3 is 3.05 bits per heavy atom. The largest absolute Gasteiger partial charge is 0.424 e. The Morgan fingerprint density at radius 1 is 1.40 bits per heavy atom. The number of nitrogens with one attached hydrogen (secondary N) is 1. The predicted molar refractivity (Wildman–Crippen MR) is 73.0 cm³/mol. The summed E-state index contributed by atoms with van der Waals surface area (Å²) in [5, 5.41) is 10.4. The first-order valence-electron chi connectivity index (χ1n) is 6.86. The van der Waals surface area contributed by atoms with E-state index < -0.39 is 0 Å². The molecule has 3 rings (SSSR count). The second-order valence-corrected chi connectivity index (χ2v) is 5.13. The fourth-order valence-corrected chi connectivity index (χ4v) is 2.74. The Morgan fingerprint density at radius 2 is 2.25 bits per heavy atom. The van der Waals surface area contributed by atoms with Gasteiger partial charge < -0.3 is 9.73 Å². The van der Waals surface area contributed by atoms with Crippen molar-refractivity contribution in [2.45, 2.75) is 38.6 Å². The van der Waals surface area contributed by atoms with Gasteiger partial charge in [0, 0.05) is 13.3 Å². The van der Waals surface area contributed by atoms with E-state index in [2.05, 4.69) is 33.7 Å². The van der Waals surface area contributed by atoms with E-state index >= 15 is 0 Å². The molecule has 1 heterocycles. The van der Waals surface area contributed by atoms with Gasteiger partial charge in [-0.1, -0.05) is 24.3 Å². The molecule has 0 unspecified atom stereocenters. The molecule has 20 heavy (non-hydrogen) atoms. The highest BCUT2D eigenvalue weighted by molar-refractivity contribution is 5.77.